The lowest BCUT2D eigenvalue weighted by Gasteiger charge is -2.50. The highest BCUT2D eigenvalue weighted by molar-refractivity contribution is 5.75. The van der Waals surface area contributed by atoms with Crippen molar-refractivity contribution in [2.45, 2.75) is 85.4 Å². The van der Waals surface area contributed by atoms with Gasteiger partial charge in [-0.3, -0.25) is 19.4 Å². The lowest BCUT2D eigenvalue weighted by atomic mass is 9.79. The summed E-state index contributed by atoms with van der Waals surface area (Å²) in [5, 5.41) is 0. The Morgan fingerprint density at radius 1 is 1.07 bits per heavy atom. The molecule has 7 nitrogen and oxygen atoms in total. The summed E-state index contributed by atoms with van der Waals surface area (Å²) in [6, 6.07) is -0.244. The first-order chi connectivity index (χ1) is 13.4. The van der Waals surface area contributed by atoms with Crippen molar-refractivity contribution in [2.75, 3.05) is 39.4 Å². The van der Waals surface area contributed by atoms with Gasteiger partial charge in [-0.25, -0.2) is 0 Å². The van der Waals surface area contributed by atoms with Gasteiger partial charge in [0.25, 0.3) is 0 Å². The number of carbonyl (C=O) groups excluding carboxylic acids is 2. The summed E-state index contributed by atoms with van der Waals surface area (Å²) in [6.45, 7) is 18.5. The number of nitrogens with zero attached hydrogens (tertiary/aromatic N) is 2. The molecule has 2 atom stereocenters. The summed E-state index contributed by atoms with van der Waals surface area (Å²) >= 11 is 0. The van der Waals surface area contributed by atoms with Crippen LogP contribution in [0.1, 0.15) is 67.7 Å². The molecule has 0 spiro atoms. The molecule has 1 aliphatic heterocycles. The molecular weight excluding hydrogens is 370 g/mol. The third-order valence-electron chi connectivity index (χ3n) is 5.60. The molecule has 0 aromatic carbocycles. The molecule has 0 radical (unpaired) electrons. The van der Waals surface area contributed by atoms with Crippen LogP contribution in [0.4, 0.5) is 0 Å². The summed E-state index contributed by atoms with van der Waals surface area (Å²) in [5.74, 6) is -0.479. The third-order valence-corrected chi connectivity index (χ3v) is 5.60. The number of hydrogen-bond acceptors (Lipinski definition) is 7. The van der Waals surface area contributed by atoms with E-state index in [1.54, 1.807) is 6.92 Å². The second-order valence-electron chi connectivity index (χ2n) is 9.82. The Balaban J connectivity index is 2.76. The standard InChI is InChI=1S/C22H43N3O4/c1-8-28-19(26)16-24-12-13-25(21(3,4)5)17(15-24)14-22(6,7)11-10-18(23)20(27)29-9-2/h17-18H,8-16,23H2,1-7H3/t17?,18-/m0/s1. The molecule has 1 rings (SSSR count). The zero-order chi connectivity index (χ0) is 22.2. The van der Waals surface area contributed by atoms with Gasteiger partial charge < -0.3 is 15.2 Å². The maximum absolute atomic E-state index is 11.9. The van der Waals surface area contributed by atoms with Crippen LogP contribution in [0.3, 0.4) is 0 Å². The van der Waals surface area contributed by atoms with Crippen LogP contribution in [-0.4, -0.2) is 78.8 Å². The Morgan fingerprint density at radius 2 is 1.69 bits per heavy atom. The van der Waals surface area contributed by atoms with Gasteiger partial charge in [0.05, 0.1) is 19.8 Å². The largest absolute Gasteiger partial charge is 0.465 e. The van der Waals surface area contributed by atoms with Gasteiger partial charge in [0.1, 0.15) is 6.04 Å². The third kappa shape index (κ3) is 9.01. The maximum Gasteiger partial charge on any atom is 0.322 e. The van der Waals surface area contributed by atoms with Crippen molar-refractivity contribution >= 4 is 11.9 Å². The van der Waals surface area contributed by atoms with Crippen molar-refractivity contribution in [1.29, 1.82) is 0 Å². The molecule has 0 amide bonds. The molecule has 1 unspecified atom stereocenters. The number of rotatable bonds is 10. The van der Waals surface area contributed by atoms with Crippen LogP contribution >= 0.6 is 0 Å². The summed E-state index contributed by atoms with van der Waals surface area (Å²) < 4.78 is 10.2. The quantitative estimate of drug-likeness (QED) is 0.551. The molecule has 1 saturated heterocycles. The lowest BCUT2D eigenvalue weighted by molar-refractivity contribution is -0.146. The Labute approximate surface area is 177 Å². The van der Waals surface area contributed by atoms with Crippen LogP contribution in [-0.2, 0) is 19.1 Å². The van der Waals surface area contributed by atoms with Gasteiger partial charge in [-0.15, -0.1) is 0 Å². The van der Waals surface area contributed by atoms with Gasteiger partial charge in [-0.05, 0) is 59.3 Å². The zero-order valence-electron chi connectivity index (χ0n) is 19.6. The molecule has 7 heteroatoms. The molecule has 1 fully saturated rings. The summed E-state index contributed by atoms with van der Waals surface area (Å²) in [4.78, 5) is 28.5. The number of esters is 2. The molecular formula is C22H43N3O4. The lowest BCUT2D eigenvalue weighted by Crippen LogP contribution is -2.60. The molecule has 0 saturated carbocycles. The molecule has 0 aromatic rings. The summed E-state index contributed by atoms with van der Waals surface area (Å²) in [5.41, 5.74) is 6.07. The predicted octanol–water partition coefficient (Wildman–Crippen LogP) is 2.42. The molecule has 2 N–H and O–H groups in total. The van der Waals surface area contributed by atoms with E-state index < -0.39 is 6.04 Å². The Hall–Kier alpha value is -1.18. The molecule has 1 heterocycles. The van der Waals surface area contributed by atoms with Gasteiger partial charge >= 0.3 is 11.9 Å². The first kappa shape index (κ1) is 25.9. The molecule has 170 valence electrons. The molecule has 29 heavy (non-hydrogen) atoms. The minimum atomic E-state index is -0.570. The maximum atomic E-state index is 11.9. The Bertz CT molecular complexity index is 531. The van der Waals surface area contributed by atoms with E-state index in [2.05, 4.69) is 44.4 Å². The van der Waals surface area contributed by atoms with Crippen molar-refractivity contribution in [3.63, 3.8) is 0 Å². The van der Waals surface area contributed by atoms with E-state index in [-0.39, 0.29) is 22.9 Å². The highest BCUT2D eigenvalue weighted by atomic mass is 16.5. The fourth-order valence-corrected chi connectivity index (χ4v) is 4.16. The first-order valence-electron chi connectivity index (χ1n) is 11.0. The number of carbonyl (C=O) groups is 2. The molecule has 1 aliphatic rings. The Morgan fingerprint density at radius 3 is 2.24 bits per heavy atom. The zero-order valence-corrected chi connectivity index (χ0v) is 19.6. The van der Waals surface area contributed by atoms with E-state index in [4.69, 9.17) is 15.2 Å². The van der Waals surface area contributed by atoms with Crippen LogP contribution in [0, 0.1) is 5.41 Å². The van der Waals surface area contributed by atoms with Gasteiger partial charge in [0.15, 0.2) is 0 Å². The van der Waals surface area contributed by atoms with Crippen LogP contribution in [0.2, 0.25) is 0 Å². The molecule has 0 aliphatic carbocycles. The van der Waals surface area contributed by atoms with E-state index in [0.717, 1.165) is 32.5 Å². The average Bonchev–Trinajstić information content (AvgIpc) is 2.59. The second kappa shape index (κ2) is 11.3. The van der Waals surface area contributed by atoms with E-state index in [0.29, 0.717) is 32.2 Å². The minimum absolute atomic E-state index is 0.0191. The van der Waals surface area contributed by atoms with Gasteiger partial charge in [0, 0.05) is 31.2 Å². The van der Waals surface area contributed by atoms with Crippen molar-refractivity contribution in [3.8, 4) is 0 Å². The highest BCUT2D eigenvalue weighted by Crippen LogP contribution is 2.34. The van der Waals surface area contributed by atoms with Crippen molar-refractivity contribution in [3.05, 3.63) is 0 Å². The van der Waals surface area contributed by atoms with Crippen molar-refractivity contribution < 1.29 is 19.1 Å². The van der Waals surface area contributed by atoms with E-state index in [1.165, 1.54) is 0 Å². The SMILES string of the molecule is CCOC(=O)CN1CCN(C(C)(C)C)C(CC(C)(C)CC[C@H](N)C(=O)OCC)C1. The van der Waals surface area contributed by atoms with Gasteiger partial charge in [-0.2, -0.15) is 0 Å². The van der Waals surface area contributed by atoms with E-state index in [9.17, 15) is 9.59 Å². The van der Waals surface area contributed by atoms with Crippen LogP contribution < -0.4 is 5.73 Å². The van der Waals surface area contributed by atoms with E-state index in [1.807, 2.05) is 6.92 Å². The van der Waals surface area contributed by atoms with Crippen molar-refractivity contribution in [1.82, 2.24) is 9.80 Å². The normalized spacial score (nSPS) is 20.3. The van der Waals surface area contributed by atoms with Crippen LogP contribution in [0.25, 0.3) is 0 Å². The fourth-order valence-electron chi connectivity index (χ4n) is 4.16. The monoisotopic (exact) mass is 413 g/mol. The number of ether oxygens (including phenoxy) is 2. The smallest absolute Gasteiger partial charge is 0.322 e. The Kier molecular flexibility index (Phi) is 10.1. The number of piperazine rings is 1. The van der Waals surface area contributed by atoms with E-state index >= 15 is 0 Å². The first-order valence-corrected chi connectivity index (χ1v) is 11.0. The predicted molar refractivity (Wildman–Crippen MR) is 116 cm³/mol. The van der Waals surface area contributed by atoms with Gasteiger partial charge in [0.2, 0.25) is 0 Å². The second-order valence-corrected chi connectivity index (χ2v) is 9.82. The number of nitrogens with two attached hydrogens (primary N) is 1. The molecule has 0 aromatic heterocycles. The fraction of sp³-hybridized carbons (Fsp3) is 0.909. The average molecular weight is 414 g/mol. The minimum Gasteiger partial charge on any atom is -0.465 e. The summed E-state index contributed by atoms with van der Waals surface area (Å²) in [6.07, 6.45) is 2.43. The molecule has 0 bridgehead atoms. The summed E-state index contributed by atoms with van der Waals surface area (Å²) in [7, 11) is 0. The topological polar surface area (TPSA) is 85.1 Å². The van der Waals surface area contributed by atoms with Gasteiger partial charge in [-0.1, -0.05) is 13.8 Å². The highest BCUT2D eigenvalue weighted by Gasteiger charge is 2.37. The van der Waals surface area contributed by atoms with Crippen LogP contribution in [0.5, 0.6) is 0 Å². The van der Waals surface area contributed by atoms with Crippen LogP contribution in [0.15, 0.2) is 0 Å². The number of hydrogen-bond donors (Lipinski definition) is 1. The van der Waals surface area contributed by atoms with Crippen molar-refractivity contribution in [2.24, 2.45) is 11.1 Å².